The summed E-state index contributed by atoms with van der Waals surface area (Å²) in [5.41, 5.74) is 6.42. The Labute approximate surface area is 56.4 Å². The van der Waals surface area contributed by atoms with E-state index < -0.39 is 0 Å². The quantitative estimate of drug-likeness (QED) is 0.548. The SMILES string of the molecule is CC(C)CN1NCCN1. The Bertz CT molecular complexity index is 76.4. The molecule has 1 rings (SSSR count). The molecule has 0 spiro atoms. The second kappa shape index (κ2) is 3.15. The third-order valence-electron chi connectivity index (χ3n) is 1.28. The molecule has 0 aliphatic carbocycles. The standard InChI is InChI=1S/C6H15N3/c1-6(2)5-9-7-3-4-8-9/h6-8H,3-5H2,1-2H3. The molecule has 3 nitrogen and oxygen atoms in total. The van der Waals surface area contributed by atoms with Crippen molar-refractivity contribution in [1.29, 1.82) is 0 Å². The fourth-order valence-corrected chi connectivity index (χ4v) is 0.932. The van der Waals surface area contributed by atoms with Crippen LogP contribution >= 0.6 is 0 Å². The molecule has 3 heteroatoms. The van der Waals surface area contributed by atoms with Gasteiger partial charge in [-0.3, -0.25) is 0 Å². The van der Waals surface area contributed by atoms with Gasteiger partial charge in [-0.15, -0.1) is 0 Å². The summed E-state index contributed by atoms with van der Waals surface area (Å²) < 4.78 is 0. The monoisotopic (exact) mass is 129 g/mol. The molecular formula is C6H15N3. The van der Waals surface area contributed by atoms with Crippen LogP contribution in [0.4, 0.5) is 0 Å². The van der Waals surface area contributed by atoms with E-state index in [0.29, 0.717) is 0 Å². The number of hydrogen-bond donors (Lipinski definition) is 2. The largest absolute Gasteiger partial charge is 0.240 e. The molecule has 0 radical (unpaired) electrons. The summed E-state index contributed by atoms with van der Waals surface area (Å²) in [6, 6.07) is 0. The van der Waals surface area contributed by atoms with Crippen molar-refractivity contribution in [3.05, 3.63) is 0 Å². The second-order valence-electron chi connectivity index (χ2n) is 2.82. The fourth-order valence-electron chi connectivity index (χ4n) is 0.932. The smallest absolute Gasteiger partial charge is 0.0311 e. The van der Waals surface area contributed by atoms with Gasteiger partial charge in [0, 0.05) is 19.6 Å². The summed E-state index contributed by atoms with van der Waals surface area (Å²) in [6.45, 7) is 7.63. The van der Waals surface area contributed by atoms with Crippen molar-refractivity contribution in [2.24, 2.45) is 5.92 Å². The van der Waals surface area contributed by atoms with Gasteiger partial charge in [-0.2, -0.15) is 5.12 Å². The molecule has 1 aliphatic heterocycles. The van der Waals surface area contributed by atoms with E-state index in [9.17, 15) is 0 Å². The predicted molar refractivity (Wildman–Crippen MR) is 37.5 cm³/mol. The zero-order valence-electron chi connectivity index (χ0n) is 6.15. The first kappa shape index (κ1) is 6.99. The van der Waals surface area contributed by atoms with Gasteiger partial charge in [-0.25, -0.2) is 10.9 Å². The molecule has 1 heterocycles. The van der Waals surface area contributed by atoms with Gasteiger partial charge >= 0.3 is 0 Å². The van der Waals surface area contributed by atoms with Crippen LogP contribution in [0.25, 0.3) is 0 Å². The van der Waals surface area contributed by atoms with Gasteiger partial charge in [0.15, 0.2) is 0 Å². The number of hydrogen-bond acceptors (Lipinski definition) is 3. The molecule has 0 aromatic heterocycles. The summed E-state index contributed by atoms with van der Waals surface area (Å²) >= 11 is 0. The Morgan fingerprint density at radius 2 is 1.89 bits per heavy atom. The van der Waals surface area contributed by atoms with E-state index in [1.54, 1.807) is 0 Å². The third kappa shape index (κ3) is 2.30. The molecule has 0 aromatic carbocycles. The normalized spacial score (nSPS) is 21.7. The molecule has 2 N–H and O–H groups in total. The molecule has 0 unspecified atom stereocenters. The Hall–Kier alpha value is -0.120. The topological polar surface area (TPSA) is 27.3 Å². The number of nitrogens with zero attached hydrogens (tertiary/aromatic N) is 1. The summed E-state index contributed by atoms with van der Waals surface area (Å²) in [7, 11) is 0. The molecule has 1 saturated heterocycles. The van der Waals surface area contributed by atoms with Crippen LogP contribution in [-0.2, 0) is 0 Å². The molecular weight excluding hydrogens is 114 g/mol. The van der Waals surface area contributed by atoms with E-state index in [0.717, 1.165) is 25.6 Å². The van der Waals surface area contributed by atoms with Crippen molar-refractivity contribution >= 4 is 0 Å². The fraction of sp³-hybridized carbons (Fsp3) is 1.00. The molecule has 1 fully saturated rings. The van der Waals surface area contributed by atoms with E-state index in [1.165, 1.54) is 0 Å². The molecule has 0 aromatic rings. The molecule has 9 heavy (non-hydrogen) atoms. The van der Waals surface area contributed by atoms with Crippen LogP contribution in [0.2, 0.25) is 0 Å². The Balaban J connectivity index is 2.11. The first-order valence-electron chi connectivity index (χ1n) is 3.53. The van der Waals surface area contributed by atoms with Gasteiger partial charge in [-0.05, 0) is 5.92 Å². The van der Waals surface area contributed by atoms with Gasteiger partial charge in [0.2, 0.25) is 0 Å². The summed E-state index contributed by atoms with van der Waals surface area (Å²) in [4.78, 5) is 0. The van der Waals surface area contributed by atoms with Crippen molar-refractivity contribution < 1.29 is 0 Å². The summed E-state index contributed by atoms with van der Waals surface area (Å²) in [6.07, 6.45) is 0. The van der Waals surface area contributed by atoms with E-state index in [4.69, 9.17) is 0 Å². The highest BCUT2D eigenvalue weighted by Crippen LogP contribution is 1.94. The minimum atomic E-state index is 0.725. The summed E-state index contributed by atoms with van der Waals surface area (Å²) in [5, 5.41) is 2.06. The lowest BCUT2D eigenvalue weighted by atomic mass is 10.2. The van der Waals surface area contributed by atoms with Crippen LogP contribution in [0.1, 0.15) is 13.8 Å². The highest BCUT2D eigenvalue weighted by molar-refractivity contribution is 4.58. The van der Waals surface area contributed by atoms with E-state index >= 15 is 0 Å². The first-order valence-corrected chi connectivity index (χ1v) is 3.53. The van der Waals surface area contributed by atoms with Crippen molar-refractivity contribution in [3.8, 4) is 0 Å². The van der Waals surface area contributed by atoms with Crippen LogP contribution in [0.5, 0.6) is 0 Å². The van der Waals surface area contributed by atoms with Crippen molar-refractivity contribution in [2.45, 2.75) is 13.8 Å². The molecule has 0 amide bonds. The highest BCUT2D eigenvalue weighted by Gasteiger charge is 2.09. The maximum absolute atomic E-state index is 3.21. The van der Waals surface area contributed by atoms with Gasteiger partial charge in [-0.1, -0.05) is 13.8 Å². The number of hydrazine groups is 2. The van der Waals surface area contributed by atoms with Crippen LogP contribution in [0, 0.1) is 5.92 Å². The van der Waals surface area contributed by atoms with Gasteiger partial charge < -0.3 is 0 Å². The van der Waals surface area contributed by atoms with Crippen molar-refractivity contribution in [3.63, 3.8) is 0 Å². The van der Waals surface area contributed by atoms with Crippen molar-refractivity contribution in [1.82, 2.24) is 16.0 Å². The average molecular weight is 129 g/mol. The van der Waals surface area contributed by atoms with Crippen LogP contribution in [-0.4, -0.2) is 24.8 Å². The predicted octanol–water partition coefficient (Wildman–Crippen LogP) is -0.0328. The zero-order chi connectivity index (χ0) is 6.69. The molecule has 0 bridgehead atoms. The third-order valence-corrected chi connectivity index (χ3v) is 1.28. The van der Waals surface area contributed by atoms with Crippen LogP contribution in [0.3, 0.4) is 0 Å². The zero-order valence-corrected chi connectivity index (χ0v) is 6.15. The van der Waals surface area contributed by atoms with Crippen LogP contribution < -0.4 is 10.9 Å². The summed E-state index contributed by atoms with van der Waals surface area (Å²) in [5.74, 6) is 0.725. The van der Waals surface area contributed by atoms with E-state index in [-0.39, 0.29) is 0 Å². The first-order chi connectivity index (χ1) is 4.29. The average Bonchev–Trinajstić information content (AvgIpc) is 2.15. The maximum atomic E-state index is 3.21. The molecule has 1 aliphatic rings. The number of rotatable bonds is 2. The van der Waals surface area contributed by atoms with Gasteiger partial charge in [0.25, 0.3) is 0 Å². The molecule has 0 saturated carbocycles. The minimum Gasteiger partial charge on any atom is -0.240 e. The van der Waals surface area contributed by atoms with E-state index in [1.807, 2.05) is 0 Å². The maximum Gasteiger partial charge on any atom is 0.0311 e. The Kier molecular flexibility index (Phi) is 2.45. The van der Waals surface area contributed by atoms with E-state index in [2.05, 4.69) is 29.8 Å². The number of nitrogens with one attached hydrogen (secondary N) is 2. The minimum absolute atomic E-state index is 0.725. The second-order valence-corrected chi connectivity index (χ2v) is 2.82. The van der Waals surface area contributed by atoms with Crippen molar-refractivity contribution in [2.75, 3.05) is 19.6 Å². The Morgan fingerprint density at radius 1 is 1.33 bits per heavy atom. The lowest BCUT2D eigenvalue weighted by Crippen LogP contribution is -2.40. The molecule has 54 valence electrons. The highest BCUT2D eigenvalue weighted by atomic mass is 15.8. The lowest BCUT2D eigenvalue weighted by Gasteiger charge is -2.16. The molecule has 0 atom stereocenters. The van der Waals surface area contributed by atoms with Gasteiger partial charge in [0.05, 0.1) is 0 Å². The van der Waals surface area contributed by atoms with Gasteiger partial charge in [0.1, 0.15) is 0 Å². The van der Waals surface area contributed by atoms with Crippen LogP contribution in [0.15, 0.2) is 0 Å². The lowest BCUT2D eigenvalue weighted by molar-refractivity contribution is 0.159. The Morgan fingerprint density at radius 3 is 2.33 bits per heavy atom.